The van der Waals surface area contributed by atoms with E-state index in [1.165, 1.54) is 0 Å². The van der Waals surface area contributed by atoms with Crippen molar-refractivity contribution in [3.8, 4) is 0 Å². The number of nitrogens with two attached hydrogens (primary N) is 1. The molecule has 3 atom stereocenters. The molecule has 0 unspecified atom stereocenters. The molecule has 12 heteroatoms. The molecule has 2 heterocycles. The van der Waals surface area contributed by atoms with Gasteiger partial charge >= 0.3 is 0 Å². The number of unbranched alkanes of at least 4 members (excludes halogenated alkanes) is 3. The van der Waals surface area contributed by atoms with Crippen LogP contribution >= 0.6 is 23.2 Å². The molecular weight excluding hydrogens is 641 g/mol. The smallest absolute Gasteiger partial charge is 0.224 e. The quantitative estimate of drug-likeness (QED) is 0.0802. The van der Waals surface area contributed by atoms with Crippen molar-refractivity contribution in [2.75, 3.05) is 16.4 Å². The third-order valence-electron chi connectivity index (χ3n) is 8.01. The number of carbonyl (C=O) groups is 2. The first kappa shape index (κ1) is 34.4. The van der Waals surface area contributed by atoms with Crippen LogP contribution in [0.15, 0.2) is 79.1 Å². The summed E-state index contributed by atoms with van der Waals surface area (Å²) >= 11 is 12.4. The van der Waals surface area contributed by atoms with Crippen molar-refractivity contribution in [2.45, 2.75) is 76.6 Å². The molecule has 1 aliphatic heterocycles. The van der Waals surface area contributed by atoms with Crippen LogP contribution in [0.3, 0.4) is 0 Å². The van der Waals surface area contributed by atoms with Gasteiger partial charge in [0.2, 0.25) is 11.8 Å². The van der Waals surface area contributed by atoms with Gasteiger partial charge in [-0.05, 0) is 48.2 Å². The Bertz CT molecular complexity index is 1630. The van der Waals surface area contributed by atoms with Crippen LogP contribution in [0.25, 0.3) is 0 Å². The number of aromatic nitrogens is 2. The lowest BCUT2D eigenvalue weighted by Crippen LogP contribution is -2.32. The monoisotopic (exact) mass is 679 g/mol. The molecule has 248 valence electrons. The summed E-state index contributed by atoms with van der Waals surface area (Å²) in [5.41, 5.74) is 10.3. The number of nitrogens with one attached hydrogen (secondary N) is 2. The molecule has 2 amide bonds. The van der Waals surface area contributed by atoms with E-state index in [4.69, 9.17) is 38.4 Å². The number of rotatable bonds is 14. The second-order valence-electron chi connectivity index (χ2n) is 11.5. The summed E-state index contributed by atoms with van der Waals surface area (Å²) in [6.45, 7) is 0.406. The molecule has 47 heavy (non-hydrogen) atoms. The van der Waals surface area contributed by atoms with Crippen LogP contribution in [0.1, 0.15) is 74.0 Å². The van der Waals surface area contributed by atoms with Crippen LogP contribution in [0.5, 0.6) is 0 Å². The molecule has 1 fully saturated rings. The fourth-order valence-corrected chi connectivity index (χ4v) is 5.73. The van der Waals surface area contributed by atoms with Gasteiger partial charge in [0.05, 0.1) is 43.1 Å². The lowest BCUT2D eigenvalue weighted by molar-refractivity contribution is -0.252. The van der Waals surface area contributed by atoms with Crippen LogP contribution in [0.2, 0.25) is 10.3 Å². The minimum Gasteiger partial charge on any atom is -0.397 e. The zero-order chi connectivity index (χ0) is 33.2. The Morgan fingerprint density at radius 2 is 1.53 bits per heavy atom. The Morgan fingerprint density at radius 3 is 2.17 bits per heavy atom. The molecule has 0 bridgehead atoms. The van der Waals surface area contributed by atoms with Gasteiger partial charge in [-0.1, -0.05) is 84.6 Å². The van der Waals surface area contributed by atoms with E-state index in [1.54, 1.807) is 23.0 Å². The van der Waals surface area contributed by atoms with Crippen molar-refractivity contribution in [3.05, 3.63) is 106 Å². The van der Waals surface area contributed by atoms with E-state index in [0.29, 0.717) is 48.0 Å². The fraction of sp³-hybridized carbons (Fsp3) is 0.343. The maximum atomic E-state index is 12.6. The van der Waals surface area contributed by atoms with Crippen molar-refractivity contribution in [1.29, 1.82) is 0 Å². The van der Waals surface area contributed by atoms with Crippen molar-refractivity contribution in [3.63, 3.8) is 0 Å². The highest BCUT2D eigenvalue weighted by atomic mass is 35.5. The Balaban J connectivity index is 1.10. The Labute approximate surface area is 284 Å². The number of halogens is 2. The summed E-state index contributed by atoms with van der Waals surface area (Å²) < 4.78 is 14.5. The fourth-order valence-electron chi connectivity index (χ4n) is 5.42. The third kappa shape index (κ3) is 9.79. The van der Waals surface area contributed by atoms with Gasteiger partial charge in [-0.3, -0.25) is 9.59 Å². The third-order valence-corrected chi connectivity index (χ3v) is 8.78. The molecule has 0 saturated carbocycles. The van der Waals surface area contributed by atoms with Crippen LogP contribution in [0.4, 0.5) is 17.1 Å². The maximum absolute atomic E-state index is 12.6. The molecule has 1 aliphatic rings. The second kappa shape index (κ2) is 16.8. The number of aliphatic hydroxyl groups is 1. The number of imidazole rings is 1. The van der Waals surface area contributed by atoms with Crippen LogP contribution in [-0.4, -0.2) is 32.6 Å². The number of anilines is 3. The van der Waals surface area contributed by atoms with Gasteiger partial charge in [-0.15, -0.1) is 0 Å². The van der Waals surface area contributed by atoms with Gasteiger partial charge in [0, 0.05) is 30.5 Å². The molecule has 1 aromatic heterocycles. The first-order chi connectivity index (χ1) is 22.8. The van der Waals surface area contributed by atoms with Crippen LogP contribution in [0, 0.1) is 0 Å². The molecule has 1 saturated heterocycles. The van der Waals surface area contributed by atoms with Gasteiger partial charge in [0.15, 0.2) is 11.4 Å². The average Bonchev–Trinajstić information content (AvgIpc) is 3.39. The molecule has 0 spiro atoms. The summed E-state index contributed by atoms with van der Waals surface area (Å²) in [6, 6.07) is 22.3. The number of para-hydroxylation sites is 2. The lowest BCUT2D eigenvalue weighted by Gasteiger charge is -2.36. The number of nitrogens with zero attached hydrogens (tertiary/aromatic N) is 2. The normalized spacial score (nSPS) is 17.7. The highest BCUT2D eigenvalue weighted by molar-refractivity contribution is 6.40. The molecule has 5 rings (SSSR count). The SMILES string of the molecule is Nc1ccccc1NC(=O)CCCCCCC(=O)Nc1ccc([C@@H]2O[C@H](Cn3cnc(Cl)c3Cl)C[C@H](c3ccc(CO)cc3)O2)cc1. The Kier molecular flexibility index (Phi) is 12.3. The van der Waals surface area contributed by atoms with Gasteiger partial charge in [0.25, 0.3) is 0 Å². The standard InChI is InChI=1S/C35H39Cl2N5O5/c36-33-34(37)42(22-39-33)20-27-19-30(24-13-11-23(21-43)12-14-24)47-35(46-27)25-15-17-26(18-16-25)40-31(44)9-3-1-2-4-10-32(45)41-29-8-6-5-7-28(29)38/h5-8,11-18,22,27,30,35,43H,1-4,9-10,19-21,38H2,(H,40,44)(H,41,45)/t27-,30+,35+/m0/s1. The lowest BCUT2D eigenvalue weighted by atomic mass is 10.00. The van der Waals surface area contributed by atoms with Crippen LogP contribution in [-0.2, 0) is 32.2 Å². The van der Waals surface area contributed by atoms with E-state index in [-0.39, 0.29) is 35.8 Å². The summed E-state index contributed by atoms with van der Waals surface area (Å²) in [6.07, 6.45) is 4.96. The molecule has 10 nitrogen and oxygen atoms in total. The molecule has 5 N–H and O–H groups in total. The zero-order valence-electron chi connectivity index (χ0n) is 25.9. The summed E-state index contributed by atoms with van der Waals surface area (Å²) in [7, 11) is 0. The highest BCUT2D eigenvalue weighted by Gasteiger charge is 2.33. The Morgan fingerprint density at radius 1 is 0.872 bits per heavy atom. The van der Waals surface area contributed by atoms with Crippen LogP contribution < -0.4 is 16.4 Å². The molecule has 0 aliphatic carbocycles. The average molecular weight is 681 g/mol. The number of amides is 2. The Hall–Kier alpha value is -3.93. The minimum absolute atomic E-state index is 0.0326. The van der Waals surface area contributed by atoms with Gasteiger partial charge in [-0.25, -0.2) is 4.98 Å². The topological polar surface area (TPSA) is 141 Å². The number of nitrogen functional groups attached to an aromatic ring is 1. The number of hydrogen-bond acceptors (Lipinski definition) is 7. The number of carbonyl (C=O) groups excluding carboxylic acids is 2. The van der Waals surface area contributed by atoms with Crippen molar-refractivity contribution in [1.82, 2.24) is 9.55 Å². The van der Waals surface area contributed by atoms with Crippen molar-refractivity contribution in [2.24, 2.45) is 0 Å². The maximum Gasteiger partial charge on any atom is 0.224 e. The number of hydrogen-bond donors (Lipinski definition) is 4. The summed E-state index contributed by atoms with van der Waals surface area (Å²) in [5.74, 6) is -0.133. The number of benzene rings is 3. The zero-order valence-corrected chi connectivity index (χ0v) is 27.4. The number of ether oxygens (including phenoxy) is 2. The van der Waals surface area contributed by atoms with E-state index in [9.17, 15) is 14.7 Å². The highest BCUT2D eigenvalue weighted by Crippen LogP contribution is 2.39. The molecule has 4 aromatic rings. The van der Waals surface area contributed by atoms with Crippen molar-refractivity contribution < 1.29 is 24.2 Å². The van der Waals surface area contributed by atoms with E-state index in [1.807, 2.05) is 60.7 Å². The molecule has 0 radical (unpaired) electrons. The summed E-state index contributed by atoms with van der Waals surface area (Å²) in [5, 5.41) is 15.8. The largest absolute Gasteiger partial charge is 0.397 e. The van der Waals surface area contributed by atoms with Gasteiger partial charge in [-0.2, -0.15) is 0 Å². The number of aliphatic hydroxyl groups excluding tert-OH is 1. The first-order valence-corrected chi connectivity index (χ1v) is 16.5. The van der Waals surface area contributed by atoms with Crippen molar-refractivity contribution >= 4 is 52.1 Å². The first-order valence-electron chi connectivity index (χ1n) is 15.7. The molecular formula is C35H39Cl2N5O5. The summed E-state index contributed by atoms with van der Waals surface area (Å²) in [4.78, 5) is 28.8. The predicted molar refractivity (Wildman–Crippen MR) is 183 cm³/mol. The van der Waals surface area contributed by atoms with E-state index >= 15 is 0 Å². The minimum atomic E-state index is -0.661. The predicted octanol–water partition coefficient (Wildman–Crippen LogP) is 7.43. The molecule has 3 aromatic carbocycles. The van der Waals surface area contributed by atoms with Gasteiger partial charge in [0.1, 0.15) is 5.15 Å². The van der Waals surface area contributed by atoms with E-state index in [2.05, 4.69) is 15.6 Å². The van der Waals surface area contributed by atoms with E-state index < -0.39 is 6.29 Å². The second-order valence-corrected chi connectivity index (χ2v) is 12.3. The van der Waals surface area contributed by atoms with Gasteiger partial charge < -0.3 is 35.5 Å². The van der Waals surface area contributed by atoms with E-state index in [0.717, 1.165) is 42.4 Å².